The van der Waals surface area contributed by atoms with Crippen LogP contribution in [-0.4, -0.2) is 22.0 Å². The van der Waals surface area contributed by atoms with Crippen LogP contribution in [0.2, 0.25) is 0 Å². The third-order valence-corrected chi connectivity index (χ3v) is 3.31. The maximum absolute atomic E-state index is 4.51. The van der Waals surface area contributed by atoms with Crippen LogP contribution in [0.5, 0.6) is 0 Å². The molecule has 1 aromatic carbocycles. The van der Waals surface area contributed by atoms with Crippen molar-refractivity contribution < 1.29 is 0 Å². The van der Waals surface area contributed by atoms with Crippen molar-refractivity contribution in [3.05, 3.63) is 72.7 Å². The van der Waals surface area contributed by atoms with E-state index in [-0.39, 0.29) is 0 Å². The largest absolute Gasteiger partial charge is 0.350 e. The van der Waals surface area contributed by atoms with Crippen molar-refractivity contribution in [2.24, 2.45) is 0 Å². The summed E-state index contributed by atoms with van der Waals surface area (Å²) in [6.45, 7) is 0.645. The van der Waals surface area contributed by atoms with Gasteiger partial charge in [-0.25, -0.2) is 15.0 Å². The van der Waals surface area contributed by atoms with Crippen LogP contribution in [0.15, 0.2) is 67.1 Å². The molecule has 3 rings (SSSR count). The molecule has 22 heavy (non-hydrogen) atoms. The summed E-state index contributed by atoms with van der Waals surface area (Å²) in [4.78, 5) is 14.8. The number of nitrogens with one attached hydrogen (secondary N) is 1. The molecule has 0 spiro atoms. The van der Waals surface area contributed by atoms with Gasteiger partial charge in [-0.05, 0) is 29.8 Å². The molecule has 0 aliphatic rings. The third-order valence-electron chi connectivity index (χ3n) is 3.31. The van der Waals surface area contributed by atoms with E-state index in [1.54, 1.807) is 18.5 Å². The van der Waals surface area contributed by atoms with E-state index >= 15 is 0 Å². The Morgan fingerprint density at radius 1 is 0.909 bits per heavy atom. The second kappa shape index (κ2) is 6.67. The minimum Gasteiger partial charge on any atom is -0.350 e. The van der Waals surface area contributed by atoms with Crippen LogP contribution in [0.25, 0.3) is 0 Å². The molecule has 0 atom stereocenters. The molecular weight excluding hydrogens is 274 g/mol. The van der Waals surface area contributed by atoms with Crippen molar-refractivity contribution >= 4 is 17.5 Å². The van der Waals surface area contributed by atoms with E-state index in [1.165, 1.54) is 0 Å². The van der Waals surface area contributed by atoms with E-state index < -0.39 is 0 Å². The average molecular weight is 291 g/mol. The fourth-order valence-electron chi connectivity index (χ4n) is 2.08. The Bertz CT molecular complexity index is 698. The Morgan fingerprint density at radius 3 is 2.36 bits per heavy atom. The highest BCUT2D eigenvalue weighted by molar-refractivity contribution is 5.58. The third kappa shape index (κ3) is 3.38. The lowest BCUT2D eigenvalue weighted by atomic mass is 10.2. The number of hydrogen-bond donors (Lipinski definition) is 1. The topological polar surface area (TPSA) is 53.9 Å². The number of anilines is 3. The highest BCUT2D eigenvalue weighted by Crippen LogP contribution is 2.20. The van der Waals surface area contributed by atoms with Crippen LogP contribution in [0.3, 0.4) is 0 Å². The number of benzene rings is 1. The molecule has 3 aromatic rings. The van der Waals surface area contributed by atoms with Gasteiger partial charge in [0.2, 0.25) is 5.95 Å². The normalized spacial score (nSPS) is 10.2. The van der Waals surface area contributed by atoms with Crippen LogP contribution >= 0.6 is 0 Å². The Kier molecular flexibility index (Phi) is 4.25. The average Bonchev–Trinajstić information content (AvgIpc) is 2.61. The molecule has 0 amide bonds. The molecule has 110 valence electrons. The summed E-state index contributed by atoms with van der Waals surface area (Å²) in [5.74, 6) is 1.53. The Balaban J connectivity index is 1.65. The van der Waals surface area contributed by atoms with Gasteiger partial charge in [0, 0.05) is 37.9 Å². The SMILES string of the molecule is CN(c1ccccc1)c1ccc(CNc2ncccn2)cn1. The van der Waals surface area contributed by atoms with Gasteiger partial charge in [0.15, 0.2) is 0 Å². The summed E-state index contributed by atoms with van der Waals surface area (Å²) in [6, 6.07) is 16.0. The van der Waals surface area contributed by atoms with E-state index in [0.29, 0.717) is 12.5 Å². The zero-order chi connectivity index (χ0) is 15.2. The summed E-state index contributed by atoms with van der Waals surface area (Å²) in [7, 11) is 2.01. The minimum absolute atomic E-state index is 0.619. The second-order valence-corrected chi connectivity index (χ2v) is 4.85. The van der Waals surface area contributed by atoms with Gasteiger partial charge in [0.05, 0.1) is 0 Å². The molecule has 1 N–H and O–H groups in total. The van der Waals surface area contributed by atoms with Gasteiger partial charge in [-0.3, -0.25) is 0 Å². The van der Waals surface area contributed by atoms with Crippen LogP contribution < -0.4 is 10.2 Å². The molecule has 5 heteroatoms. The van der Waals surface area contributed by atoms with Crippen molar-refractivity contribution in [3.63, 3.8) is 0 Å². The summed E-state index contributed by atoms with van der Waals surface area (Å²) in [6.07, 6.45) is 5.29. The molecule has 0 radical (unpaired) electrons. The van der Waals surface area contributed by atoms with Crippen molar-refractivity contribution in [2.75, 3.05) is 17.3 Å². The lowest BCUT2D eigenvalue weighted by Crippen LogP contribution is -2.11. The van der Waals surface area contributed by atoms with Gasteiger partial charge in [0.1, 0.15) is 5.82 Å². The summed E-state index contributed by atoms with van der Waals surface area (Å²) >= 11 is 0. The number of hydrogen-bond acceptors (Lipinski definition) is 5. The van der Waals surface area contributed by atoms with Crippen molar-refractivity contribution in [2.45, 2.75) is 6.54 Å². The van der Waals surface area contributed by atoms with Crippen molar-refractivity contribution in [1.29, 1.82) is 0 Å². The monoisotopic (exact) mass is 291 g/mol. The van der Waals surface area contributed by atoms with Gasteiger partial charge >= 0.3 is 0 Å². The molecule has 0 unspecified atom stereocenters. The van der Waals surface area contributed by atoms with Crippen LogP contribution in [0, 0.1) is 0 Å². The molecular formula is C17H17N5. The maximum atomic E-state index is 4.51. The molecule has 2 heterocycles. The first-order valence-corrected chi connectivity index (χ1v) is 7.07. The fourth-order valence-corrected chi connectivity index (χ4v) is 2.08. The number of pyridine rings is 1. The first-order valence-electron chi connectivity index (χ1n) is 7.07. The lowest BCUT2D eigenvalue weighted by molar-refractivity contribution is 1.03. The highest BCUT2D eigenvalue weighted by atomic mass is 15.2. The fraction of sp³-hybridized carbons (Fsp3) is 0.118. The quantitative estimate of drug-likeness (QED) is 0.782. The minimum atomic E-state index is 0.619. The molecule has 0 bridgehead atoms. The molecule has 0 fully saturated rings. The summed E-state index contributed by atoms with van der Waals surface area (Å²) < 4.78 is 0. The molecule has 0 saturated heterocycles. The standard InChI is InChI=1S/C17H17N5/c1-22(15-6-3-2-4-7-15)16-9-8-14(12-20-16)13-21-17-18-10-5-11-19-17/h2-12H,13H2,1H3,(H,18,19,21). The van der Waals surface area contributed by atoms with Crippen LogP contribution in [0.4, 0.5) is 17.5 Å². The van der Waals surface area contributed by atoms with E-state index in [2.05, 4.69) is 43.4 Å². The summed E-state index contributed by atoms with van der Waals surface area (Å²) in [5, 5.41) is 3.17. The van der Waals surface area contributed by atoms with E-state index in [1.807, 2.05) is 37.5 Å². The number of nitrogens with zero attached hydrogens (tertiary/aromatic N) is 4. The van der Waals surface area contributed by atoms with Gasteiger partial charge in [-0.15, -0.1) is 0 Å². The zero-order valence-corrected chi connectivity index (χ0v) is 12.3. The maximum Gasteiger partial charge on any atom is 0.222 e. The first kappa shape index (κ1) is 14.0. The van der Waals surface area contributed by atoms with Crippen molar-refractivity contribution in [3.8, 4) is 0 Å². The number of para-hydroxylation sites is 1. The Morgan fingerprint density at radius 2 is 1.68 bits per heavy atom. The van der Waals surface area contributed by atoms with Gasteiger partial charge < -0.3 is 10.2 Å². The van der Waals surface area contributed by atoms with Gasteiger partial charge in [-0.1, -0.05) is 24.3 Å². The second-order valence-electron chi connectivity index (χ2n) is 4.85. The first-order chi connectivity index (χ1) is 10.8. The predicted octanol–water partition coefficient (Wildman–Crippen LogP) is 3.25. The van der Waals surface area contributed by atoms with Gasteiger partial charge in [0.25, 0.3) is 0 Å². The molecule has 5 nitrogen and oxygen atoms in total. The molecule has 0 saturated carbocycles. The lowest BCUT2D eigenvalue weighted by Gasteiger charge is -2.18. The van der Waals surface area contributed by atoms with E-state index in [0.717, 1.165) is 17.1 Å². The van der Waals surface area contributed by atoms with Crippen molar-refractivity contribution in [1.82, 2.24) is 15.0 Å². The van der Waals surface area contributed by atoms with Crippen LogP contribution in [0.1, 0.15) is 5.56 Å². The number of rotatable bonds is 5. The van der Waals surface area contributed by atoms with E-state index in [4.69, 9.17) is 0 Å². The Hall–Kier alpha value is -2.95. The summed E-state index contributed by atoms with van der Waals surface area (Å²) in [5.41, 5.74) is 2.19. The predicted molar refractivity (Wildman–Crippen MR) is 88.1 cm³/mol. The van der Waals surface area contributed by atoms with Crippen LogP contribution in [-0.2, 0) is 6.54 Å². The molecule has 0 aliphatic carbocycles. The Labute approximate surface area is 129 Å². The smallest absolute Gasteiger partial charge is 0.222 e. The zero-order valence-electron chi connectivity index (χ0n) is 12.3. The molecule has 2 aromatic heterocycles. The van der Waals surface area contributed by atoms with E-state index in [9.17, 15) is 0 Å². The van der Waals surface area contributed by atoms with Gasteiger partial charge in [-0.2, -0.15) is 0 Å². The number of aromatic nitrogens is 3. The highest BCUT2D eigenvalue weighted by Gasteiger charge is 2.04. The molecule has 0 aliphatic heterocycles.